The first kappa shape index (κ1) is 13.2. The zero-order chi connectivity index (χ0) is 13.2. The molecule has 0 spiro atoms. The van der Waals surface area contributed by atoms with Gasteiger partial charge in [0.15, 0.2) is 0 Å². The summed E-state index contributed by atoms with van der Waals surface area (Å²) in [4.78, 5) is 0. The van der Waals surface area contributed by atoms with Crippen molar-refractivity contribution in [2.24, 2.45) is 0 Å². The molecule has 0 unspecified atom stereocenters. The van der Waals surface area contributed by atoms with E-state index in [0.29, 0.717) is 5.02 Å². The van der Waals surface area contributed by atoms with E-state index in [1.165, 1.54) is 24.0 Å². The van der Waals surface area contributed by atoms with Crippen LogP contribution in [0.5, 0.6) is 0 Å². The molecular formula is C14H15BrClN3. The van der Waals surface area contributed by atoms with Gasteiger partial charge in [0.25, 0.3) is 0 Å². The molecule has 0 radical (unpaired) electrons. The lowest BCUT2D eigenvalue weighted by Crippen LogP contribution is -2.15. The molecule has 1 aromatic heterocycles. The number of rotatable bonds is 5. The first-order chi connectivity index (χ1) is 9.20. The number of hydrogen-bond acceptors (Lipinski definition) is 2. The Balaban J connectivity index is 1.67. The topological polar surface area (TPSA) is 29.9 Å². The molecule has 1 aromatic carbocycles. The molecule has 1 saturated carbocycles. The Kier molecular flexibility index (Phi) is 3.91. The van der Waals surface area contributed by atoms with E-state index in [1.54, 1.807) is 6.20 Å². The second-order valence-corrected chi connectivity index (χ2v) is 6.23. The fraction of sp³-hybridized carbons (Fsp3) is 0.357. The van der Waals surface area contributed by atoms with Gasteiger partial charge in [-0.3, -0.25) is 4.68 Å². The van der Waals surface area contributed by atoms with Gasteiger partial charge in [-0.2, -0.15) is 5.10 Å². The summed E-state index contributed by atoms with van der Waals surface area (Å²) >= 11 is 9.50. The molecule has 5 heteroatoms. The second-order valence-electron chi connectivity index (χ2n) is 4.94. The van der Waals surface area contributed by atoms with E-state index in [0.717, 1.165) is 23.6 Å². The highest BCUT2D eigenvalue weighted by Gasteiger charge is 2.19. The normalized spacial score (nSPS) is 14.8. The zero-order valence-corrected chi connectivity index (χ0v) is 12.8. The zero-order valence-electron chi connectivity index (χ0n) is 10.4. The number of aromatic nitrogens is 2. The Labute approximate surface area is 126 Å². The smallest absolute Gasteiger partial charge is 0.0785 e. The second kappa shape index (κ2) is 5.65. The van der Waals surface area contributed by atoms with Gasteiger partial charge >= 0.3 is 0 Å². The van der Waals surface area contributed by atoms with Crippen molar-refractivity contribution in [3.8, 4) is 0 Å². The van der Waals surface area contributed by atoms with E-state index in [1.807, 2.05) is 10.9 Å². The van der Waals surface area contributed by atoms with Gasteiger partial charge in [0.05, 0.1) is 17.8 Å². The molecule has 1 aliphatic rings. The predicted octanol–water partition coefficient (Wildman–Crippen LogP) is 3.60. The Morgan fingerprint density at radius 2 is 2.26 bits per heavy atom. The molecule has 0 aliphatic heterocycles. The molecule has 1 fully saturated rings. The van der Waals surface area contributed by atoms with Crippen LogP contribution in [0.1, 0.15) is 24.0 Å². The molecule has 0 amide bonds. The molecule has 19 heavy (non-hydrogen) atoms. The van der Waals surface area contributed by atoms with Gasteiger partial charge in [0.1, 0.15) is 0 Å². The summed E-state index contributed by atoms with van der Waals surface area (Å²) < 4.78 is 2.96. The SMILES string of the molecule is Clc1cnn(Cc2ccc(CNC3CC3)cc2Br)c1. The van der Waals surface area contributed by atoms with Crippen molar-refractivity contribution in [2.75, 3.05) is 0 Å². The Bertz CT molecular complexity index is 578. The van der Waals surface area contributed by atoms with Crippen LogP contribution < -0.4 is 5.32 Å². The van der Waals surface area contributed by atoms with Gasteiger partial charge in [0, 0.05) is 23.3 Å². The first-order valence-corrected chi connectivity index (χ1v) is 7.56. The van der Waals surface area contributed by atoms with Crippen LogP contribution in [0.3, 0.4) is 0 Å². The van der Waals surface area contributed by atoms with Crippen LogP contribution in [0.2, 0.25) is 5.02 Å². The Hall–Kier alpha value is -0.840. The third-order valence-electron chi connectivity index (χ3n) is 3.22. The van der Waals surface area contributed by atoms with E-state index in [4.69, 9.17) is 11.6 Å². The largest absolute Gasteiger partial charge is 0.310 e. The Morgan fingerprint density at radius 1 is 1.42 bits per heavy atom. The van der Waals surface area contributed by atoms with Gasteiger partial charge in [0.2, 0.25) is 0 Å². The van der Waals surface area contributed by atoms with Gasteiger partial charge in [-0.15, -0.1) is 0 Å². The summed E-state index contributed by atoms with van der Waals surface area (Å²) in [6.45, 7) is 1.67. The highest BCUT2D eigenvalue weighted by Crippen LogP contribution is 2.22. The van der Waals surface area contributed by atoms with E-state index in [2.05, 4.69) is 44.5 Å². The van der Waals surface area contributed by atoms with Crippen LogP contribution in [0.4, 0.5) is 0 Å². The average Bonchev–Trinajstić information content (AvgIpc) is 3.13. The number of halogens is 2. The quantitative estimate of drug-likeness (QED) is 0.901. The molecule has 0 saturated heterocycles. The highest BCUT2D eigenvalue weighted by atomic mass is 79.9. The van der Waals surface area contributed by atoms with Crippen molar-refractivity contribution in [1.29, 1.82) is 0 Å². The molecule has 3 rings (SSSR count). The molecule has 0 bridgehead atoms. The van der Waals surface area contributed by atoms with Crippen molar-refractivity contribution in [1.82, 2.24) is 15.1 Å². The van der Waals surface area contributed by atoms with Crippen LogP contribution in [0, 0.1) is 0 Å². The lowest BCUT2D eigenvalue weighted by atomic mass is 10.1. The third kappa shape index (κ3) is 3.59. The maximum atomic E-state index is 5.87. The van der Waals surface area contributed by atoms with E-state index in [9.17, 15) is 0 Å². The summed E-state index contributed by atoms with van der Waals surface area (Å²) in [7, 11) is 0. The maximum absolute atomic E-state index is 5.87. The standard InChI is InChI=1S/C14H15BrClN3/c15-14-5-10(6-17-13-3-4-13)1-2-11(14)8-19-9-12(16)7-18-19/h1-2,5,7,9,13,17H,3-4,6,8H2. The highest BCUT2D eigenvalue weighted by molar-refractivity contribution is 9.10. The number of benzene rings is 1. The van der Waals surface area contributed by atoms with Crippen molar-refractivity contribution >= 4 is 27.5 Å². The minimum absolute atomic E-state index is 0.668. The van der Waals surface area contributed by atoms with E-state index >= 15 is 0 Å². The van der Waals surface area contributed by atoms with Crippen molar-refractivity contribution in [3.05, 3.63) is 51.2 Å². The maximum Gasteiger partial charge on any atom is 0.0785 e. The number of nitrogens with zero attached hydrogens (tertiary/aromatic N) is 2. The summed E-state index contributed by atoms with van der Waals surface area (Å²) in [6.07, 6.45) is 6.12. The molecule has 1 heterocycles. The number of hydrogen-bond donors (Lipinski definition) is 1. The van der Waals surface area contributed by atoms with Crippen molar-refractivity contribution < 1.29 is 0 Å². The molecule has 0 atom stereocenters. The monoisotopic (exact) mass is 339 g/mol. The summed E-state index contributed by atoms with van der Waals surface area (Å²) in [5.41, 5.74) is 2.51. The van der Waals surface area contributed by atoms with Gasteiger partial charge in [-0.1, -0.05) is 39.7 Å². The van der Waals surface area contributed by atoms with Gasteiger partial charge in [-0.05, 0) is 30.0 Å². The van der Waals surface area contributed by atoms with Crippen LogP contribution >= 0.6 is 27.5 Å². The molecule has 1 N–H and O–H groups in total. The van der Waals surface area contributed by atoms with Gasteiger partial charge < -0.3 is 5.32 Å². The van der Waals surface area contributed by atoms with Crippen LogP contribution in [0.25, 0.3) is 0 Å². The molecule has 100 valence electrons. The van der Waals surface area contributed by atoms with Crippen molar-refractivity contribution in [3.63, 3.8) is 0 Å². The average molecular weight is 341 g/mol. The fourth-order valence-electron chi connectivity index (χ4n) is 1.98. The summed E-state index contributed by atoms with van der Waals surface area (Å²) in [6, 6.07) is 7.23. The first-order valence-electron chi connectivity index (χ1n) is 6.39. The predicted molar refractivity (Wildman–Crippen MR) is 80.3 cm³/mol. The molecule has 2 aromatic rings. The third-order valence-corrected chi connectivity index (χ3v) is 4.16. The van der Waals surface area contributed by atoms with Gasteiger partial charge in [-0.25, -0.2) is 0 Å². The minimum atomic E-state index is 0.668. The molecular weight excluding hydrogens is 326 g/mol. The summed E-state index contributed by atoms with van der Waals surface area (Å²) in [5.74, 6) is 0. The van der Waals surface area contributed by atoms with E-state index in [-0.39, 0.29) is 0 Å². The lowest BCUT2D eigenvalue weighted by Gasteiger charge is -2.08. The Morgan fingerprint density at radius 3 is 2.89 bits per heavy atom. The minimum Gasteiger partial charge on any atom is -0.310 e. The van der Waals surface area contributed by atoms with Crippen LogP contribution in [-0.2, 0) is 13.1 Å². The lowest BCUT2D eigenvalue weighted by molar-refractivity contribution is 0.678. The van der Waals surface area contributed by atoms with Crippen LogP contribution in [-0.4, -0.2) is 15.8 Å². The van der Waals surface area contributed by atoms with Crippen LogP contribution in [0.15, 0.2) is 35.1 Å². The van der Waals surface area contributed by atoms with Crippen molar-refractivity contribution in [2.45, 2.75) is 32.0 Å². The fourth-order valence-corrected chi connectivity index (χ4v) is 2.69. The number of nitrogens with one attached hydrogen (secondary N) is 1. The molecule has 3 nitrogen and oxygen atoms in total. The summed E-state index contributed by atoms with van der Waals surface area (Å²) in [5, 5.41) is 8.38. The molecule has 1 aliphatic carbocycles. The van der Waals surface area contributed by atoms with E-state index < -0.39 is 0 Å².